The minimum atomic E-state index is -0.902. The van der Waals surface area contributed by atoms with Crippen molar-refractivity contribution < 1.29 is 38.7 Å². The molecule has 0 saturated carbocycles. The van der Waals surface area contributed by atoms with Gasteiger partial charge in [0.2, 0.25) is 0 Å². The second kappa shape index (κ2) is 22.3. The molecule has 0 amide bonds. The van der Waals surface area contributed by atoms with Crippen molar-refractivity contribution in [1.82, 2.24) is 15.0 Å². The molecule has 2 atom stereocenters. The summed E-state index contributed by atoms with van der Waals surface area (Å²) in [5.74, 6) is -1.23. The molecule has 0 fully saturated rings. The first-order valence-corrected chi connectivity index (χ1v) is 18.4. The second-order valence-corrected chi connectivity index (χ2v) is 12.8. The van der Waals surface area contributed by atoms with Crippen LogP contribution in [0.15, 0.2) is 41.2 Å². The Hall–Kier alpha value is -4.61. The SMILES string of the molecule is CCCCCCCCCOC(=O)C(C)Oc1ccc(-c2nc(-c3ccc(OC(C)C(=O)OCCCCCCCCC)cc3O)[nH]c(=O)n2)c(O)c1. The lowest BCUT2D eigenvalue weighted by Gasteiger charge is -2.15. The number of carbonyl (C=O) groups is 2. The van der Waals surface area contributed by atoms with Gasteiger partial charge in [0.1, 0.15) is 28.8 Å². The van der Waals surface area contributed by atoms with E-state index in [4.69, 9.17) is 18.9 Å². The molecule has 3 N–H and O–H groups in total. The van der Waals surface area contributed by atoms with Crippen molar-refractivity contribution in [2.24, 2.45) is 0 Å². The first kappa shape index (κ1) is 40.8. The highest BCUT2D eigenvalue weighted by Crippen LogP contribution is 2.34. The zero-order chi connectivity index (χ0) is 37.0. The highest BCUT2D eigenvalue weighted by atomic mass is 16.6. The largest absolute Gasteiger partial charge is 0.507 e. The summed E-state index contributed by atoms with van der Waals surface area (Å²) in [6.07, 6.45) is 13.8. The molecule has 0 aliphatic carbocycles. The number of unbranched alkanes of at least 4 members (excludes halogenated alkanes) is 12. The molecule has 280 valence electrons. The number of nitrogens with one attached hydrogen (secondary N) is 1. The number of carbonyl (C=O) groups excluding carboxylic acids is 2. The van der Waals surface area contributed by atoms with Gasteiger partial charge in [-0.05, 0) is 51.0 Å². The fourth-order valence-electron chi connectivity index (χ4n) is 5.39. The number of aromatic hydroxyl groups is 2. The van der Waals surface area contributed by atoms with Gasteiger partial charge in [-0.1, -0.05) is 90.9 Å². The Morgan fingerprint density at radius 1 is 0.647 bits per heavy atom. The van der Waals surface area contributed by atoms with Crippen LogP contribution in [0.2, 0.25) is 0 Å². The Bertz CT molecular complexity index is 1460. The van der Waals surface area contributed by atoms with Gasteiger partial charge in [-0.25, -0.2) is 19.4 Å². The number of aromatic nitrogens is 3. The van der Waals surface area contributed by atoms with Crippen LogP contribution in [0.5, 0.6) is 23.0 Å². The number of aromatic amines is 1. The molecular weight excluding hydrogens is 654 g/mol. The summed E-state index contributed by atoms with van der Waals surface area (Å²) in [6, 6.07) is 8.59. The van der Waals surface area contributed by atoms with Crippen molar-refractivity contribution >= 4 is 11.9 Å². The number of rotatable bonds is 24. The Balaban J connectivity index is 1.55. The number of hydrogen-bond donors (Lipinski definition) is 3. The second-order valence-electron chi connectivity index (χ2n) is 12.8. The maximum atomic E-state index is 12.5. The molecule has 3 rings (SSSR count). The van der Waals surface area contributed by atoms with Crippen molar-refractivity contribution in [3.05, 3.63) is 46.9 Å². The molecule has 2 unspecified atom stereocenters. The summed E-state index contributed by atoms with van der Waals surface area (Å²) in [6.45, 7) is 8.15. The van der Waals surface area contributed by atoms with Gasteiger partial charge in [-0.2, -0.15) is 4.98 Å². The Morgan fingerprint density at radius 2 is 1.08 bits per heavy atom. The predicted molar refractivity (Wildman–Crippen MR) is 195 cm³/mol. The van der Waals surface area contributed by atoms with Gasteiger partial charge < -0.3 is 29.2 Å². The number of phenolic OH excluding ortho intramolecular Hbond substituents is 2. The normalized spacial score (nSPS) is 12.2. The molecule has 12 heteroatoms. The number of phenols is 2. The van der Waals surface area contributed by atoms with Crippen molar-refractivity contribution in [1.29, 1.82) is 0 Å². The molecule has 1 heterocycles. The third-order valence-corrected chi connectivity index (χ3v) is 8.36. The van der Waals surface area contributed by atoms with E-state index >= 15 is 0 Å². The number of esters is 2. The predicted octanol–water partition coefficient (Wildman–Crippen LogP) is 8.03. The molecule has 0 spiro atoms. The van der Waals surface area contributed by atoms with Gasteiger partial charge in [-0.15, -0.1) is 0 Å². The van der Waals surface area contributed by atoms with Gasteiger partial charge in [0.05, 0.1) is 24.3 Å². The average molecular weight is 710 g/mol. The van der Waals surface area contributed by atoms with E-state index in [0.717, 1.165) is 38.5 Å². The van der Waals surface area contributed by atoms with Crippen LogP contribution in [0.4, 0.5) is 0 Å². The summed E-state index contributed by atoms with van der Waals surface area (Å²) < 4.78 is 22.1. The highest BCUT2D eigenvalue weighted by molar-refractivity contribution is 5.75. The molecule has 51 heavy (non-hydrogen) atoms. The van der Waals surface area contributed by atoms with Crippen LogP contribution in [0.3, 0.4) is 0 Å². The zero-order valence-corrected chi connectivity index (χ0v) is 30.6. The standard InChI is InChI=1S/C39H55N3O9/c1-5-7-9-11-13-15-17-23-48-37(45)27(3)50-29-19-21-31(33(43)25-29)35-40-36(42-39(47)41-35)32-22-20-30(26-34(32)44)51-28(4)38(46)49-24-18-16-14-12-10-8-6-2/h19-22,25-28,43-44H,5-18,23-24H2,1-4H3,(H,40,41,42,47). The molecule has 0 bridgehead atoms. The molecule has 0 aliphatic rings. The van der Waals surface area contributed by atoms with E-state index in [1.54, 1.807) is 13.8 Å². The smallest absolute Gasteiger partial charge is 0.348 e. The van der Waals surface area contributed by atoms with Crippen LogP contribution >= 0.6 is 0 Å². The van der Waals surface area contributed by atoms with Gasteiger partial charge in [0.15, 0.2) is 18.0 Å². The van der Waals surface area contributed by atoms with E-state index in [0.29, 0.717) is 13.2 Å². The Labute approximate surface area is 300 Å². The van der Waals surface area contributed by atoms with Crippen molar-refractivity contribution in [2.45, 2.75) is 130 Å². The minimum Gasteiger partial charge on any atom is -0.507 e. The Kier molecular flexibility index (Phi) is 17.8. The molecular formula is C39H55N3O9. The third kappa shape index (κ3) is 14.3. The number of benzene rings is 2. The summed E-state index contributed by atoms with van der Waals surface area (Å²) in [5, 5.41) is 21.6. The molecule has 2 aromatic carbocycles. The molecule has 0 saturated heterocycles. The van der Waals surface area contributed by atoms with Crippen molar-refractivity contribution in [3.8, 4) is 45.8 Å². The minimum absolute atomic E-state index is 0.00624. The van der Waals surface area contributed by atoms with Gasteiger partial charge in [0, 0.05) is 12.1 Å². The lowest BCUT2D eigenvalue weighted by atomic mass is 10.1. The number of nitrogens with zero attached hydrogens (tertiary/aromatic N) is 2. The zero-order valence-electron chi connectivity index (χ0n) is 30.6. The molecule has 3 aromatic rings. The van der Waals surface area contributed by atoms with Crippen LogP contribution in [0.1, 0.15) is 118 Å². The lowest BCUT2D eigenvalue weighted by molar-refractivity contribution is -0.152. The van der Waals surface area contributed by atoms with Crippen LogP contribution in [-0.4, -0.2) is 62.5 Å². The van der Waals surface area contributed by atoms with E-state index < -0.39 is 29.8 Å². The van der Waals surface area contributed by atoms with Gasteiger partial charge in [0.25, 0.3) is 0 Å². The summed E-state index contributed by atoms with van der Waals surface area (Å²) >= 11 is 0. The molecule has 1 aromatic heterocycles. The quantitative estimate of drug-likeness (QED) is 0.0608. The van der Waals surface area contributed by atoms with Crippen molar-refractivity contribution in [3.63, 3.8) is 0 Å². The number of H-pyrrole nitrogens is 1. The van der Waals surface area contributed by atoms with E-state index in [-0.39, 0.29) is 45.8 Å². The van der Waals surface area contributed by atoms with E-state index in [1.807, 2.05) is 0 Å². The molecule has 0 aliphatic heterocycles. The number of hydrogen-bond acceptors (Lipinski definition) is 11. The maximum Gasteiger partial charge on any atom is 0.348 e. The molecule has 0 radical (unpaired) electrons. The molecule has 12 nitrogen and oxygen atoms in total. The average Bonchev–Trinajstić information content (AvgIpc) is 3.10. The van der Waals surface area contributed by atoms with E-state index in [2.05, 4.69) is 28.8 Å². The first-order valence-electron chi connectivity index (χ1n) is 18.4. The fourth-order valence-corrected chi connectivity index (χ4v) is 5.39. The summed E-state index contributed by atoms with van der Waals surface area (Å²) in [7, 11) is 0. The van der Waals surface area contributed by atoms with Crippen LogP contribution in [0.25, 0.3) is 22.8 Å². The van der Waals surface area contributed by atoms with Crippen LogP contribution in [-0.2, 0) is 19.1 Å². The van der Waals surface area contributed by atoms with Gasteiger partial charge >= 0.3 is 17.6 Å². The lowest BCUT2D eigenvalue weighted by Crippen LogP contribution is -2.26. The van der Waals surface area contributed by atoms with Crippen molar-refractivity contribution in [2.75, 3.05) is 13.2 Å². The maximum absolute atomic E-state index is 12.5. The summed E-state index contributed by atoms with van der Waals surface area (Å²) in [5.41, 5.74) is -0.461. The van der Waals surface area contributed by atoms with E-state index in [1.165, 1.54) is 87.8 Å². The monoisotopic (exact) mass is 709 g/mol. The third-order valence-electron chi connectivity index (χ3n) is 8.36. The fraction of sp³-hybridized carbons (Fsp3) is 0.564. The Morgan fingerprint density at radius 3 is 1.53 bits per heavy atom. The number of ether oxygens (including phenoxy) is 4. The van der Waals surface area contributed by atoms with Gasteiger partial charge in [-0.3, -0.25) is 4.98 Å². The van der Waals surface area contributed by atoms with Crippen LogP contribution < -0.4 is 15.2 Å². The topological polar surface area (TPSA) is 170 Å². The van der Waals surface area contributed by atoms with Crippen LogP contribution in [0, 0.1) is 0 Å². The van der Waals surface area contributed by atoms with E-state index in [9.17, 15) is 24.6 Å². The summed E-state index contributed by atoms with van der Waals surface area (Å²) in [4.78, 5) is 48.1. The highest BCUT2D eigenvalue weighted by Gasteiger charge is 2.20. The first-order chi connectivity index (χ1) is 24.6.